The van der Waals surface area contributed by atoms with Crippen molar-refractivity contribution in [1.29, 1.82) is 0 Å². The van der Waals surface area contributed by atoms with Gasteiger partial charge in [0.1, 0.15) is 11.6 Å². The molecule has 0 aliphatic carbocycles. The molecule has 0 aliphatic heterocycles. The quantitative estimate of drug-likeness (QED) is 0.795. The number of nitrogens with zero attached hydrogens (tertiary/aromatic N) is 3. The molecule has 3 aromatic rings. The predicted molar refractivity (Wildman–Crippen MR) is 68.9 cm³/mol. The number of nitrogens with one attached hydrogen (secondary N) is 1. The first-order chi connectivity index (χ1) is 10.1. The van der Waals surface area contributed by atoms with E-state index in [9.17, 15) is 9.18 Å². The zero-order valence-corrected chi connectivity index (χ0v) is 10.8. The Labute approximate surface area is 117 Å². The third kappa shape index (κ3) is 2.78. The normalized spacial score (nSPS) is 10.6. The Morgan fingerprint density at radius 1 is 1.29 bits per heavy atom. The number of hydrogen-bond acceptors (Lipinski definition) is 6. The van der Waals surface area contributed by atoms with Crippen molar-refractivity contribution in [3.8, 4) is 11.5 Å². The number of amides is 1. The summed E-state index contributed by atoms with van der Waals surface area (Å²) in [4.78, 5) is 11.9. The molecule has 0 atom stereocenters. The molecular weight excluding hydrogens is 279 g/mol. The zero-order valence-electron chi connectivity index (χ0n) is 10.8. The van der Waals surface area contributed by atoms with Crippen LogP contribution in [0.15, 0.2) is 39.3 Å². The lowest BCUT2D eigenvalue weighted by atomic mass is 10.2. The fourth-order valence-corrected chi connectivity index (χ4v) is 1.65. The maximum absolute atomic E-state index is 13.1. The smallest absolute Gasteiger partial charge is 0.314 e. The van der Waals surface area contributed by atoms with E-state index < -0.39 is 11.7 Å². The minimum absolute atomic E-state index is 0.0518. The molecule has 7 nitrogen and oxygen atoms in total. The minimum atomic E-state index is -0.626. The van der Waals surface area contributed by atoms with Crippen molar-refractivity contribution in [2.75, 3.05) is 5.32 Å². The molecule has 1 amide bonds. The van der Waals surface area contributed by atoms with Gasteiger partial charge in [-0.3, -0.25) is 10.1 Å². The molecule has 8 heteroatoms. The minimum Gasteiger partial charge on any atom is -0.412 e. The molecule has 0 spiro atoms. The Hall–Kier alpha value is -3.03. The molecule has 2 heterocycles. The van der Waals surface area contributed by atoms with Crippen LogP contribution in [0.2, 0.25) is 0 Å². The fourth-order valence-electron chi connectivity index (χ4n) is 1.65. The number of benzene rings is 1. The predicted octanol–water partition coefficient (Wildman–Crippen LogP) is 2.42. The molecule has 0 saturated heterocycles. The van der Waals surface area contributed by atoms with Gasteiger partial charge in [-0.15, -0.1) is 10.2 Å². The molecule has 1 N–H and O–H groups in total. The van der Waals surface area contributed by atoms with Crippen LogP contribution in [-0.2, 0) is 0 Å². The molecule has 106 valence electrons. The Bertz CT molecular complexity index is 796. The summed E-state index contributed by atoms with van der Waals surface area (Å²) in [5, 5.41) is 13.4. The highest BCUT2D eigenvalue weighted by molar-refractivity contribution is 6.00. The van der Waals surface area contributed by atoms with E-state index >= 15 is 0 Å². The molecule has 2 aromatic heterocycles. The van der Waals surface area contributed by atoms with E-state index in [1.165, 1.54) is 18.2 Å². The van der Waals surface area contributed by atoms with Crippen LogP contribution in [0.3, 0.4) is 0 Å². The van der Waals surface area contributed by atoms with Gasteiger partial charge in [-0.1, -0.05) is 11.2 Å². The number of aromatic nitrogens is 3. The molecule has 0 fully saturated rings. The van der Waals surface area contributed by atoms with Crippen molar-refractivity contribution in [3.63, 3.8) is 0 Å². The maximum atomic E-state index is 13.1. The standard InChI is InChI=1S/C13H9FN4O3/c1-7-5-10(18-21-7)15-11(19)13-17-16-12(20-13)8-3-2-4-9(14)6-8/h2-6H,1H3,(H,15,18,19). The van der Waals surface area contributed by atoms with E-state index in [4.69, 9.17) is 8.94 Å². The zero-order chi connectivity index (χ0) is 14.8. The van der Waals surface area contributed by atoms with Gasteiger partial charge < -0.3 is 8.94 Å². The molecule has 3 rings (SSSR count). The van der Waals surface area contributed by atoms with Gasteiger partial charge in [0.05, 0.1) is 0 Å². The second-order valence-electron chi connectivity index (χ2n) is 4.20. The van der Waals surface area contributed by atoms with Gasteiger partial charge in [0.15, 0.2) is 5.82 Å². The van der Waals surface area contributed by atoms with Crippen molar-refractivity contribution in [2.24, 2.45) is 0 Å². The third-order valence-electron chi connectivity index (χ3n) is 2.56. The summed E-state index contributed by atoms with van der Waals surface area (Å²) in [6, 6.07) is 7.17. The first kappa shape index (κ1) is 13.0. The highest BCUT2D eigenvalue weighted by atomic mass is 19.1. The number of rotatable bonds is 3. The van der Waals surface area contributed by atoms with Crippen LogP contribution in [-0.4, -0.2) is 21.3 Å². The molecule has 0 aliphatic rings. The van der Waals surface area contributed by atoms with Gasteiger partial charge in [0.25, 0.3) is 0 Å². The van der Waals surface area contributed by atoms with Crippen LogP contribution in [0.25, 0.3) is 11.5 Å². The molecule has 0 bridgehead atoms. The lowest BCUT2D eigenvalue weighted by Crippen LogP contribution is -2.12. The number of halogens is 1. The van der Waals surface area contributed by atoms with Crippen molar-refractivity contribution >= 4 is 11.7 Å². The third-order valence-corrected chi connectivity index (χ3v) is 2.56. The number of carbonyl (C=O) groups is 1. The van der Waals surface area contributed by atoms with Crippen molar-refractivity contribution in [3.05, 3.63) is 47.8 Å². The van der Waals surface area contributed by atoms with Crippen LogP contribution in [0, 0.1) is 12.7 Å². The number of carbonyl (C=O) groups excluding carboxylic acids is 1. The van der Waals surface area contributed by atoms with Gasteiger partial charge in [-0.05, 0) is 25.1 Å². The summed E-state index contributed by atoms with van der Waals surface area (Å²) in [5.74, 6) is -0.474. The summed E-state index contributed by atoms with van der Waals surface area (Å²) >= 11 is 0. The van der Waals surface area contributed by atoms with E-state index in [1.807, 2.05) is 0 Å². The van der Waals surface area contributed by atoms with Crippen LogP contribution in [0.4, 0.5) is 10.2 Å². The van der Waals surface area contributed by atoms with Crippen molar-refractivity contribution in [2.45, 2.75) is 6.92 Å². The van der Waals surface area contributed by atoms with E-state index in [-0.39, 0.29) is 17.6 Å². The first-order valence-electron chi connectivity index (χ1n) is 5.96. The highest BCUT2D eigenvalue weighted by Crippen LogP contribution is 2.19. The summed E-state index contributed by atoms with van der Waals surface area (Å²) in [6.07, 6.45) is 0. The number of anilines is 1. The SMILES string of the molecule is Cc1cc(NC(=O)c2nnc(-c3cccc(F)c3)o2)no1. The Morgan fingerprint density at radius 3 is 2.86 bits per heavy atom. The summed E-state index contributed by atoms with van der Waals surface area (Å²) in [7, 11) is 0. The van der Waals surface area contributed by atoms with E-state index in [1.54, 1.807) is 19.1 Å². The van der Waals surface area contributed by atoms with Gasteiger partial charge in [0, 0.05) is 11.6 Å². The molecule has 1 aromatic carbocycles. The Balaban J connectivity index is 1.80. The molecular formula is C13H9FN4O3. The first-order valence-corrected chi connectivity index (χ1v) is 5.96. The van der Waals surface area contributed by atoms with Crippen molar-refractivity contribution < 1.29 is 18.1 Å². The van der Waals surface area contributed by atoms with Gasteiger partial charge in [0.2, 0.25) is 5.89 Å². The monoisotopic (exact) mass is 288 g/mol. The van der Waals surface area contributed by atoms with Crippen LogP contribution in [0.5, 0.6) is 0 Å². The second-order valence-corrected chi connectivity index (χ2v) is 4.20. The molecule has 21 heavy (non-hydrogen) atoms. The second kappa shape index (κ2) is 5.16. The topological polar surface area (TPSA) is 94.1 Å². The van der Waals surface area contributed by atoms with E-state index in [0.717, 1.165) is 0 Å². The maximum Gasteiger partial charge on any atom is 0.314 e. The Morgan fingerprint density at radius 2 is 2.14 bits per heavy atom. The summed E-state index contributed by atoms with van der Waals surface area (Å²) < 4.78 is 23.1. The van der Waals surface area contributed by atoms with Gasteiger partial charge >= 0.3 is 11.8 Å². The molecule has 0 saturated carbocycles. The highest BCUT2D eigenvalue weighted by Gasteiger charge is 2.17. The Kier molecular flexibility index (Phi) is 3.19. The number of aryl methyl sites for hydroxylation is 1. The average Bonchev–Trinajstić information content (AvgIpc) is 3.08. The van der Waals surface area contributed by atoms with Crippen LogP contribution < -0.4 is 5.32 Å². The fraction of sp³-hybridized carbons (Fsp3) is 0.0769. The molecule has 0 unspecified atom stereocenters. The lowest BCUT2D eigenvalue weighted by Gasteiger charge is -1.95. The van der Waals surface area contributed by atoms with Crippen LogP contribution >= 0.6 is 0 Å². The largest absolute Gasteiger partial charge is 0.412 e. The number of hydrogen-bond donors (Lipinski definition) is 1. The van der Waals surface area contributed by atoms with E-state index in [0.29, 0.717) is 11.3 Å². The average molecular weight is 288 g/mol. The van der Waals surface area contributed by atoms with Crippen molar-refractivity contribution in [1.82, 2.24) is 15.4 Å². The van der Waals surface area contributed by atoms with Crippen LogP contribution in [0.1, 0.15) is 16.4 Å². The lowest BCUT2D eigenvalue weighted by molar-refractivity contribution is 0.0990. The van der Waals surface area contributed by atoms with Gasteiger partial charge in [-0.25, -0.2) is 4.39 Å². The van der Waals surface area contributed by atoms with E-state index in [2.05, 4.69) is 20.7 Å². The summed E-state index contributed by atoms with van der Waals surface area (Å²) in [5.41, 5.74) is 0.388. The summed E-state index contributed by atoms with van der Waals surface area (Å²) in [6.45, 7) is 1.69. The molecule has 0 radical (unpaired) electrons. The van der Waals surface area contributed by atoms with Gasteiger partial charge in [-0.2, -0.15) is 0 Å².